The van der Waals surface area contributed by atoms with Crippen LogP contribution in [0.5, 0.6) is 0 Å². The fraction of sp³-hybridized carbons (Fsp3) is 0.391. The molecule has 152 valence electrons. The van der Waals surface area contributed by atoms with Crippen LogP contribution >= 0.6 is 0 Å². The smallest absolute Gasteiger partial charge is 0.248 e. The van der Waals surface area contributed by atoms with Crippen molar-refractivity contribution in [3.05, 3.63) is 71.3 Å². The summed E-state index contributed by atoms with van der Waals surface area (Å²) in [5.41, 5.74) is 3.47. The highest BCUT2D eigenvalue weighted by molar-refractivity contribution is 5.97. The summed E-state index contributed by atoms with van der Waals surface area (Å²) in [6, 6.07) is 17.3. The zero-order valence-electron chi connectivity index (χ0n) is 16.6. The number of nitrogens with one attached hydrogen (secondary N) is 2. The Balaban J connectivity index is 1.29. The molecule has 0 saturated carbocycles. The molecule has 2 aliphatic rings. The minimum atomic E-state index is -0.613. The lowest BCUT2D eigenvalue weighted by molar-refractivity contribution is -0.148. The third-order valence-electron chi connectivity index (χ3n) is 5.61. The van der Waals surface area contributed by atoms with Gasteiger partial charge in [-0.25, -0.2) is 0 Å². The van der Waals surface area contributed by atoms with Gasteiger partial charge >= 0.3 is 0 Å². The molecule has 29 heavy (non-hydrogen) atoms. The number of carbonyl (C=O) groups excluding carboxylic acids is 2. The molecule has 2 aliphatic heterocycles. The fourth-order valence-corrected chi connectivity index (χ4v) is 3.96. The van der Waals surface area contributed by atoms with Crippen LogP contribution in [-0.4, -0.2) is 48.0 Å². The molecule has 0 bridgehead atoms. The average Bonchev–Trinajstić information content (AvgIpc) is 3.17. The average molecular weight is 393 g/mol. The van der Waals surface area contributed by atoms with E-state index >= 15 is 0 Å². The van der Waals surface area contributed by atoms with E-state index in [0.29, 0.717) is 19.6 Å². The van der Waals surface area contributed by atoms with E-state index in [9.17, 15) is 9.59 Å². The normalized spacial score (nSPS) is 23.8. The Morgan fingerprint density at radius 3 is 2.59 bits per heavy atom. The van der Waals surface area contributed by atoms with Gasteiger partial charge in [-0.05, 0) is 24.5 Å². The van der Waals surface area contributed by atoms with Gasteiger partial charge in [0.2, 0.25) is 11.8 Å². The number of amides is 2. The second-order valence-corrected chi connectivity index (χ2v) is 7.87. The molecule has 2 amide bonds. The van der Waals surface area contributed by atoms with Gasteiger partial charge in [0.05, 0.1) is 13.2 Å². The molecule has 3 atom stereocenters. The van der Waals surface area contributed by atoms with Crippen LogP contribution < -0.4 is 10.6 Å². The molecule has 0 aliphatic carbocycles. The Morgan fingerprint density at radius 1 is 1.07 bits per heavy atom. The Labute approximate surface area is 171 Å². The second kappa shape index (κ2) is 8.76. The number of fused-ring (bicyclic) bond motifs is 1. The summed E-state index contributed by atoms with van der Waals surface area (Å²) in [4.78, 5) is 27.1. The molecule has 2 saturated heterocycles. The van der Waals surface area contributed by atoms with E-state index in [-0.39, 0.29) is 30.5 Å². The molecule has 6 nitrogen and oxygen atoms in total. The highest BCUT2D eigenvalue weighted by Crippen LogP contribution is 2.23. The van der Waals surface area contributed by atoms with Crippen molar-refractivity contribution in [2.45, 2.75) is 44.6 Å². The van der Waals surface area contributed by atoms with Gasteiger partial charge in [0.1, 0.15) is 12.1 Å². The van der Waals surface area contributed by atoms with Crippen molar-refractivity contribution in [1.82, 2.24) is 15.5 Å². The van der Waals surface area contributed by atoms with Crippen LogP contribution in [0.15, 0.2) is 54.6 Å². The van der Waals surface area contributed by atoms with Gasteiger partial charge in [-0.2, -0.15) is 0 Å². The molecule has 2 aromatic rings. The van der Waals surface area contributed by atoms with E-state index in [4.69, 9.17) is 4.74 Å². The minimum absolute atomic E-state index is 0.0534. The van der Waals surface area contributed by atoms with Crippen LogP contribution in [0, 0.1) is 6.92 Å². The number of carbonyl (C=O) groups is 2. The quantitative estimate of drug-likeness (QED) is 0.752. The van der Waals surface area contributed by atoms with E-state index in [0.717, 1.165) is 12.1 Å². The van der Waals surface area contributed by atoms with E-state index < -0.39 is 6.04 Å². The van der Waals surface area contributed by atoms with Crippen molar-refractivity contribution in [3.8, 4) is 0 Å². The molecule has 2 heterocycles. The number of hydrogen-bond acceptors (Lipinski definition) is 4. The lowest BCUT2D eigenvalue weighted by atomic mass is 10.1. The maximum atomic E-state index is 12.9. The van der Waals surface area contributed by atoms with Gasteiger partial charge in [0.25, 0.3) is 0 Å². The number of hydrogen-bond donors (Lipinski definition) is 2. The Morgan fingerprint density at radius 2 is 1.83 bits per heavy atom. The van der Waals surface area contributed by atoms with Crippen molar-refractivity contribution in [2.75, 3.05) is 13.2 Å². The van der Waals surface area contributed by atoms with Crippen molar-refractivity contribution in [2.24, 2.45) is 0 Å². The van der Waals surface area contributed by atoms with Gasteiger partial charge in [-0.1, -0.05) is 60.2 Å². The van der Waals surface area contributed by atoms with E-state index in [1.54, 1.807) is 4.90 Å². The predicted molar refractivity (Wildman–Crippen MR) is 110 cm³/mol. The lowest BCUT2D eigenvalue weighted by Gasteiger charge is -2.34. The first-order valence-corrected chi connectivity index (χ1v) is 10.1. The number of aryl methyl sites for hydroxylation is 1. The van der Waals surface area contributed by atoms with E-state index in [1.165, 1.54) is 11.1 Å². The first kappa shape index (κ1) is 19.6. The van der Waals surface area contributed by atoms with E-state index in [2.05, 4.69) is 41.8 Å². The maximum absolute atomic E-state index is 12.9. The standard InChI is InChI=1S/C23H27N3O3/c1-16-7-9-17(10-8-16)12-24-19-11-21-22(27)25-20(23(28)26(21)13-19)15-29-14-18-5-3-2-4-6-18/h2-10,19-21,24H,11-15H2,1H3,(H,25,27)/t19-,20-,21-/m0/s1. The van der Waals surface area contributed by atoms with Gasteiger partial charge < -0.3 is 20.3 Å². The Bertz CT molecular complexity index is 853. The van der Waals surface area contributed by atoms with Crippen LogP contribution in [0.25, 0.3) is 0 Å². The zero-order valence-corrected chi connectivity index (χ0v) is 16.6. The maximum Gasteiger partial charge on any atom is 0.248 e. The van der Waals surface area contributed by atoms with Gasteiger partial charge in [-0.3, -0.25) is 9.59 Å². The van der Waals surface area contributed by atoms with Gasteiger partial charge in [-0.15, -0.1) is 0 Å². The number of ether oxygens (including phenoxy) is 1. The van der Waals surface area contributed by atoms with Gasteiger partial charge in [0.15, 0.2) is 0 Å². The molecule has 0 aromatic heterocycles. The Hall–Kier alpha value is -2.70. The fourth-order valence-electron chi connectivity index (χ4n) is 3.96. The number of rotatable bonds is 7. The minimum Gasteiger partial charge on any atom is -0.374 e. The summed E-state index contributed by atoms with van der Waals surface area (Å²) in [7, 11) is 0. The van der Waals surface area contributed by atoms with Crippen LogP contribution in [0.1, 0.15) is 23.1 Å². The largest absolute Gasteiger partial charge is 0.374 e. The Kier molecular flexibility index (Phi) is 5.92. The summed E-state index contributed by atoms with van der Waals surface area (Å²) >= 11 is 0. The van der Waals surface area contributed by atoms with Gasteiger partial charge in [0, 0.05) is 19.1 Å². The summed E-state index contributed by atoms with van der Waals surface area (Å²) in [5, 5.41) is 6.33. The van der Waals surface area contributed by atoms with Crippen molar-refractivity contribution in [3.63, 3.8) is 0 Å². The molecular formula is C23H27N3O3. The molecular weight excluding hydrogens is 366 g/mol. The molecule has 0 unspecified atom stereocenters. The van der Waals surface area contributed by atoms with E-state index in [1.807, 2.05) is 30.3 Å². The van der Waals surface area contributed by atoms with Crippen LogP contribution in [0.3, 0.4) is 0 Å². The molecule has 6 heteroatoms. The third-order valence-corrected chi connectivity index (χ3v) is 5.61. The SMILES string of the molecule is Cc1ccc(CN[C@H]2C[C@H]3C(=O)N[C@@H](COCc4ccccc4)C(=O)N3C2)cc1. The number of benzene rings is 2. The summed E-state index contributed by atoms with van der Waals surface area (Å²) in [5.74, 6) is -0.139. The number of piperazine rings is 1. The summed E-state index contributed by atoms with van der Waals surface area (Å²) in [6.07, 6.45) is 0.640. The molecule has 2 N–H and O–H groups in total. The molecule has 2 fully saturated rings. The molecule has 0 spiro atoms. The molecule has 2 aromatic carbocycles. The van der Waals surface area contributed by atoms with Crippen LogP contribution in [0.4, 0.5) is 0 Å². The van der Waals surface area contributed by atoms with Crippen LogP contribution in [-0.2, 0) is 27.5 Å². The molecule has 0 radical (unpaired) electrons. The predicted octanol–water partition coefficient (Wildman–Crippen LogP) is 1.77. The summed E-state index contributed by atoms with van der Waals surface area (Å²) in [6.45, 7) is 3.95. The highest BCUT2D eigenvalue weighted by Gasteiger charge is 2.46. The monoisotopic (exact) mass is 393 g/mol. The number of nitrogens with zero attached hydrogens (tertiary/aromatic N) is 1. The van der Waals surface area contributed by atoms with Crippen molar-refractivity contribution < 1.29 is 14.3 Å². The second-order valence-electron chi connectivity index (χ2n) is 7.87. The highest BCUT2D eigenvalue weighted by atomic mass is 16.5. The van der Waals surface area contributed by atoms with Crippen LogP contribution in [0.2, 0.25) is 0 Å². The molecule has 4 rings (SSSR count). The third kappa shape index (κ3) is 4.66. The van der Waals surface area contributed by atoms with Crippen molar-refractivity contribution >= 4 is 11.8 Å². The lowest BCUT2D eigenvalue weighted by Crippen LogP contribution is -2.62. The first-order chi connectivity index (χ1) is 14.1. The summed E-state index contributed by atoms with van der Waals surface area (Å²) < 4.78 is 5.69. The topological polar surface area (TPSA) is 70.7 Å². The first-order valence-electron chi connectivity index (χ1n) is 10.1. The van der Waals surface area contributed by atoms with Crippen molar-refractivity contribution in [1.29, 1.82) is 0 Å². The zero-order chi connectivity index (χ0) is 20.2.